The third kappa shape index (κ3) is 4.71. The van der Waals surface area contributed by atoms with Crippen LogP contribution in [0, 0.1) is 6.92 Å². The summed E-state index contributed by atoms with van der Waals surface area (Å²) in [4.78, 5) is 14.0. The number of hydrogen-bond acceptors (Lipinski definition) is 2. The molecule has 1 aromatic carbocycles. The number of halogens is 1. The number of hydrogen-bond donors (Lipinski definition) is 0. The summed E-state index contributed by atoms with van der Waals surface area (Å²) in [7, 11) is 1.79. The lowest BCUT2D eigenvalue weighted by Gasteiger charge is -2.14. The topological polar surface area (TPSA) is 38.1 Å². The van der Waals surface area contributed by atoms with Gasteiger partial charge in [-0.15, -0.1) is 0 Å². The third-order valence-corrected chi connectivity index (χ3v) is 4.26. The van der Waals surface area contributed by atoms with Gasteiger partial charge in [0.25, 0.3) is 0 Å². The number of likely N-dealkylation sites (N-methyl/N-ethyl adjacent to an activating group) is 1. The molecule has 0 atom stereocenters. The molecule has 0 unspecified atom stereocenters. The Morgan fingerprint density at radius 2 is 2.04 bits per heavy atom. The van der Waals surface area contributed by atoms with Crippen molar-refractivity contribution in [3.05, 3.63) is 58.4 Å². The summed E-state index contributed by atoms with van der Waals surface area (Å²) in [6.45, 7) is 5.41. The minimum absolute atomic E-state index is 0.0596. The molecule has 0 radical (unpaired) electrons. The first kappa shape index (κ1) is 18.3. The highest BCUT2D eigenvalue weighted by Crippen LogP contribution is 2.22. The van der Waals surface area contributed by atoms with Crippen molar-refractivity contribution in [2.75, 3.05) is 7.05 Å². The van der Waals surface area contributed by atoms with E-state index in [1.807, 2.05) is 37.3 Å². The highest BCUT2D eigenvalue weighted by Gasteiger charge is 2.12. The van der Waals surface area contributed by atoms with Crippen LogP contribution in [0.5, 0.6) is 0 Å². The van der Waals surface area contributed by atoms with Crippen LogP contribution in [-0.4, -0.2) is 27.6 Å². The van der Waals surface area contributed by atoms with Gasteiger partial charge in [0.05, 0.1) is 5.69 Å². The van der Waals surface area contributed by atoms with Crippen LogP contribution in [0.15, 0.2) is 36.4 Å². The Balaban J connectivity index is 2.04. The Hall–Kier alpha value is -2.07. The molecule has 0 bridgehead atoms. The summed E-state index contributed by atoms with van der Waals surface area (Å²) < 4.78 is 1.80. The molecule has 1 heterocycles. The summed E-state index contributed by atoms with van der Waals surface area (Å²) in [6, 6.07) is 9.92. The van der Waals surface area contributed by atoms with Crippen molar-refractivity contribution in [3.8, 4) is 0 Å². The maximum absolute atomic E-state index is 12.3. The number of unbranched alkanes of at least 4 members (excludes halogenated alkanes) is 1. The minimum atomic E-state index is -0.0596. The molecule has 2 rings (SSSR count). The van der Waals surface area contributed by atoms with Gasteiger partial charge in [0.1, 0.15) is 5.15 Å². The predicted octanol–water partition coefficient (Wildman–Crippen LogP) is 4.32. The van der Waals surface area contributed by atoms with Crippen LogP contribution in [0.25, 0.3) is 6.08 Å². The van der Waals surface area contributed by atoms with Gasteiger partial charge in [-0.05, 0) is 25.0 Å². The fourth-order valence-corrected chi connectivity index (χ4v) is 2.75. The first-order valence-corrected chi connectivity index (χ1v) is 8.60. The van der Waals surface area contributed by atoms with E-state index in [9.17, 15) is 4.79 Å². The Labute approximate surface area is 148 Å². The van der Waals surface area contributed by atoms with E-state index in [0.29, 0.717) is 11.7 Å². The molecule has 0 saturated carbocycles. The number of rotatable bonds is 7. The number of aromatic nitrogens is 2. The minimum Gasteiger partial charge on any atom is -0.338 e. The van der Waals surface area contributed by atoms with Crippen LogP contribution < -0.4 is 0 Å². The number of carbonyl (C=O) groups is 1. The fraction of sp³-hybridized carbons (Fsp3) is 0.368. The molecule has 0 fully saturated rings. The highest BCUT2D eigenvalue weighted by molar-refractivity contribution is 6.31. The molecule has 128 valence electrons. The number of amides is 1. The zero-order valence-electron chi connectivity index (χ0n) is 14.5. The number of benzene rings is 1. The Kier molecular flexibility index (Phi) is 6.62. The molecule has 24 heavy (non-hydrogen) atoms. The van der Waals surface area contributed by atoms with Crippen LogP contribution in [-0.2, 0) is 17.9 Å². The quantitative estimate of drug-likeness (QED) is 0.701. The van der Waals surface area contributed by atoms with Crippen molar-refractivity contribution in [2.24, 2.45) is 0 Å². The van der Waals surface area contributed by atoms with E-state index >= 15 is 0 Å². The van der Waals surface area contributed by atoms with Crippen LogP contribution in [0.2, 0.25) is 5.15 Å². The second-order valence-corrected chi connectivity index (χ2v) is 6.24. The second-order valence-electron chi connectivity index (χ2n) is 5.88. The van der Waals surface area contributed by atoms with Gasteiger partial charge in [0.2, 0.25) is 5.91 Å². The molecule has 0 aliphatic carbocycles. The standard InChI is InChI=1S/C19H24ClN3O/c1-4-5-13-23-19(20)17(15(2)21-23)11-12-18(24)22(3)14-16-9-7-6-8-10-16/h6-12H,4-5,13-14H2,1-3H3/b12-11+. The number of carbonyl (C=O) groups excluding carboxylic acids is 1. The highest BCUT2D eigenvalue weighted by atomic mass is 35.5. The lowest BCUT2D eigenvalue weighted by Crippen LogP contribution is -2.24. The van der Waals surface area contributed by atoms with Gasteiger partial charge in [0.15, 0.2) is 0 Å². The normalized spacial score (nSPS) is 11.2. The first-order chi connectivity index (χ1) is 11.5. The fourth-order valence-electron chi connectivity index (χ4n) is 2.43. The summed E-state index contributed by atoms with van der Waals surface area (Å²) in [5.41, 5.74) is 2.75. The molecule has 1 amide bonds. The smallest absolute Gasteiger partial charge is 0.246 e. The molecule has 0 aliphatic rings. The third-order valence-electron chi connectivity index (χ3n) is 3.86. The summed E-state index contributed by atoms with van der Waals surface area (Å²) in [5, 5.41) is 5.04. The van der Waals surface area contributed by atoms with Crippen molar-refractivity contribution in [2.45, 2.75) is 39.8 Å². The Morgan fingerprint density at radius 1 is 1.33 bits per heavy atom. The van der Waals surface area contributed by atoms with Gasteiger partial charge in [0, 0.05) is 31.8 Å². The van der Waals surface area contributed by atoms with Crippen LogP contribution in [0.4, 0.5) is 0 Å². The van der Waals surface area contributed by atoms with Crippen LogP contribution in [0.1, 0.15) is 36.6 Å². The van der Waals surface area contributed by atoms with Gasteiger partial charge >= 0.3 is 0 Å². The maximum atomic E-state index is 12.3. The zero-order valence-corrected chi connectivity index (χ0v) is 15.3. The number of aryl methyl sites for hydroxylation is 2. The second kappa shape index (κ2) is 8.69. The number of nitrogens with zero attached hydrogens (tertiary/aromatic N) is 3. The van der Waals surface area contributed by atoms with Gasteiger partial charge in [-0.1, -0.05) is 55.3 Å². The average Bonchev–Trinajstić information content (AvgIpc) is 2.85. The largest absolute Gasteiger partial charge is 0.338 e. The van der Waals surface area contributed by atoms with E-state index in [-0.39, 0.29) is 5.91 Å². The van der Waals surface area contributed by atoms with Gasteiger partial charge in [-0.3, -0.25) is 9.48 Å². The van der Waals surface area contributed by atoms with Gasteiger partial charge in [-0.2, -0.15) is 5.10 Å². The van der Waals surface area contributed by atoms with E-state index in [1.54, 1.807) is 28.8 Å². The monoisotopic (exact) mass is 345 g/mol. The average molecular weight is 346 g/mol. The van der Waals surface area contributed by atoms with Crippen molar-refractivity contribution < 1.29 is 4.79 Å². The van der Waals surface area contributed by atoms with Crippen molar-refractivity contribution in [1.82, 2.24) is 14.7 Å². The van der Waals surface area contributed by atoms with Gasteiger partial charge < -0.3 is 4.90 Å². The summed E-state index contributed by atoms with van der Waals surface area (Å²) in [5.74, 6) is -0.0596. The van der Waals surface area contributed by atoms with E-state index in [0.717, 1.165) is 36.2 Å². The van der Waals surface area contributed by atoms with Gasteiger partial charge in [-0.25, -0.2) is 0 Å². The zero-order chi connectivity index (χ0) is 17.5. The summed E-state index contributed by atoms with van der Waals surface area (Å²) >= 11 is 6.38. The Bertz CT molecular complexity index is 707. The first-order valence-electron chi connectivity index (χ1n) is 8.23. The Morgan fingerprint density at radius 3 is 2.71 bits per heavy atom. The van der Waals surface area contributed by atoms with Crippen molar-refractivity contribution in [3.63, 3.8) is 0 Å². The molecule has 4 nitrogen and oxygen atoms in total. The van der Waals surface area contributed by atoms with Crippen molar-refractivity contribution in [1.29, 1.82) is 0 Å². The molecular formula is C19H24ClN3O. The molecule has 0 N–H and O–H groups in total. The molecule has 2 aromatic rings. The van der Waals surface area contributed by atoms with E-state index in [4.69, 9.17) is 11.6 Å². The van der Waals surface area contributed by atoms with Crippen LogP contribution in [0.3, 0.4) is 0 Å². The lowest BCUT2D eigenvalue weighted by molar-refractivity contribution is -0.125. The van der Waals surface area contributed by atoms with Crippen LogP contribution >= 0.6 is 11.6 Å². The molecular weight excluding hydrogens is 322 g/mol. The van der Waals surface area contributed by atoms with Crippen molar-refractivity contribution >= 4 is 23.6 Å². The molecule has 0 saturated heterocycles. The maximum Gasteiger partial charge on any atom is 0.246 e. The molecule has 5 heteroatoms. The predicted molar refractivity (Wildman–Crippen MR) is 98.8 cm³/mol. The van der Waals surface area contributed by atoms with E-state index in [2.05, 4.69) is 12.0 Å². The lowest BCUT2D eigenvalue weighted by atomic mass is 10.2. The molecule has 0 aliphatic heterocycles. The molecule has 0 spiro atoms. The van der Waals surface area contributed by atoms with E-state index in [1.165, 1.54) is 0 Å². The summed E-state index contributed by atoms with van der Waals surface area (Å²) in [6.07, 6.45) is 5.44. The molecule has 1 aromatic heterocycles. The SMILES string of the molecule is CCCCn1nc(C)c(/C=C/C(=O)N(C)Cc2ccccc2)c1Cl. The van der Waals surface area contributed by atoms with E-state index < -0.39 is 0 Å².